The lowest BCUT2D eigenvalue weighted by Crippen LogP contribution is -2.44. The summed E-state index contributed by atoms with van der Waals surface area (Å²) in [6.45, 7) is 2.61. The maximum Gasteiger partial charge on any atom is 0.318 e. The summed E-state index contributed by atoms with van der Waals surface area (Å²) >= 11 is 0. The van der Waals surface area contributed by atoms with E-state index in [4.69, 9.17) is 14.5 Å². The van der Waals surface area contributed by atoms with Crippen molar-refractivity contribution in [3.8, 4) is 11.8 Å². The molecule has 2 aliphatic rings. The molecule has 37 heavy (non-hydrogen) atoms. The number of ether oxygens (including phenoxy) is 2. The molecule has 2 aromatic heterocycles. The van der Waals surface area contributed by atoms with Gasteiger partial charge in [-0.25, -0.2) is 14.8 Å². The fraction of sp³-hybridized carbons (Fsp3) is 0.444. The zero-order chi connectivity index (χ0) is 25.8. The summed E-state index contributed by atoms with van der Waals surface area (Å²) in [5.41, 5.74) is 4.08. The number of amides is 2. The number of urea groups is 1. The maximum absolute atomic E-state index is 13.5. The van der Waals surface area contributed by atoms with Gasteiger partial charge >= 0.3 is 6.03 Å². The number of carbonyl (C=O) groups excluding carboxylic acids is 1. The van der Waals surface area contributed by atoms with Crippen molar-refractivity contribution in [2.45, 2.75) is 38.3 Å². The van der Waals surface area contributed by atoms with Gasteiger partial charge < -0.3 is 19.7 Å². The van der Waals surface area contributed by atoms with Crippen LogP contribution in [0.3, 0.4) is 0 Å². The summed E-state index contributed by atoms with van der Waals surface area (Å²) in [4.78, 5) is 24.7. The van der Waals surface area contributed by atoms with Crippen molar-refractivity contribution in [3.05, 3.63) is 70.6 Å². The van der Waals surface area contributed by atoms with Crippen molar-refractivity contribution in [2.24, 2.45) is 13.0 Å². The molecule has 1 atom stereocenters. The van der Waals surface area contributed by atoms with Crippen LogP contribution in [-0.2, 0) is 31.2 Å². The van der Waals surface area contributed by atoms with Gasteiger partial charge in [-0.15, -0.1) is 0 Å². The molecule has 192 valence electrons. The van der Waals surface area contributed by atoms with E-state index in [1.54, 1.807) is 27.9 Å². The SMILES string of the molecule is COc1cc([C@@H](NC(=O)N2CCc3cnc(CC4CCOCC4)nc3C2)c2cnn(C)c2)ccc1C#N. The molecule has 1 aromatic carbocycles. The Hall–Kier alpha value is -3.97. The molecule has 2 amide bonds. The van der Waals surface area contributed by atoms with Crippen molar-refractivity contribution < 1.29 is 14.3 Å². The number of nitriles is 1. The minimum absolute atomic E-state index is 0.188. The number of rotatable bonds is 6. The average Bonchev–Trinajstić information content (AvgIpc) is 3.37. The van der Waals surface area contributed by atoms with Crippen LogP contribution in [0.5, 0.6) is 5.75 Å². The van der Waals surface area contributed by atoms with Crippen molar-refractivity contribution in [3.63, 3.8) is 0 Å². The molecule has 5 rings (SSSR count). The fourth-order valence-corrected chi connectivity index (χ4v) is 4.97. The van der Waals surface area contributed by atoms with Crippen LogP contribution in [0, 0.1) is 17.2 Å². The van der Waals surface area contributed by atoms with E-state index in [1.807, 2.05) is 25.5 Å². The second-order valence-electron chi connectivity index (χ2n) is 9.59. The van der Waals surface area contributed by atoms with Crippen LogP contribution in [0.1, 0.15) is 52.7 Å². The molecule has 0 bridgehead atoms. The first-order chi connectivity index (χ1) is 18.0. The molecule has 0 aliphatic carbocycles. The lowest BCUT2D eigenvalue weighted by Gasteiger charge is -2.30. The van der Waals surface area contributed by atoms with Gasteiger partial charge in [0.05, 0.1) is 37.2 Å². The Morgan fingerprint density at radius 1 is 1.30 bits per heavy atom. The van der Waals surface area contributed by atoms with Gasteiger partial charge in [-0.3, -0.25) is 4.68 Å². The lowest BCUT2D eigenvalue weighted by atomic mass is 9.96. The summed E-state index contributed by atoms with van der Waals surface area (Å²) in [5.74, 6) is 1.84. The van der Waals surface area contributed by atoms with Gasteiger partial charge in [-0.05, 0) is 48.4 Å². The van der Waals surface area contributed by atoms with E-state index in [0.717, 1.165) is 60.7 Å². The van der Waals surface area contributed by atoms with Gasteiger partial charge in [0, 0.05) is 51.2 Å². The van der Waals surface area contributed by atoms with Crippen LogP contribution in [0.25, 0.3) is 0 Å². The Morgan fingerprint density at radius 3 is 2.86 bits per heavy atom. The monoisotopic (exact) mass is 501 g/mol. The molecule has 0 unspecified atom stereocenters. The second-order valence-corrected chi connectivity index (χ2v) is 9.59. The molecule has 10 heteroatoms. The summed E-state index contributed by atoms with van der Waals surface area (Å²) < 4.78 is 12.6. The number of nitrogens with one attached hydrogen (secondary N) is 1. The summed E-state index contributed by atoms with van der Waals surface area (Å²) in [6.07, 6.45) is 9.15. The van der Waals surface area contributed by atoms with E-state index in [9.17, 15) is 10.1 Å². The largest absolute Gasteiger partial charge is 0.495 e. The molecule has 1 saturated heterocycles. The molecule has 10 nitrogen and oxygen atoms in total. The first-order valence-corrected chi connectivity index (χ1v) is 12.6. The number of hydrogen-bond donors (Lipinski definition) is 1. The standard InChI is InChI=1S/C27H31N7O3/c1-33-16-22(15-30-33)26(19-3-4-20(13-28)24(12-19)36-2)32-27(35)34-8-5-21-14-29-25(31-23(21)17-34)11-18-6-9-37-10-7-18/h3-4,12,14-16,18,26H,5-11,17H2,1-2H3,(H,32,35)/t26-/m1/s1. The molecule has 2 aliphatic heterocycles. The van der Waals surface area contributed by atoms with E-state index in [1.165, 1.54) is 7.11 Å². The zero-order valence-corrected chi connectivity index (χ0v) is 21.2. The molecule has 1 fully saturated rings. The third kappa shape index (κ3) is 5.57. The van der Waals surface area contributed by atoms with Crippen LogP contribution in [0.15, 0.2) is 36.8 Å². The van der Waals surface area contributed by atoms with Crippen molar-refractivity contribution in [1.82, 2.24) is 30.0 Å². The fourth-order valence-electron chi connectivity index (χ4n) is 4.97. The van der Waals surface area contributed by atoms with E-state index >= 15 is 0 Å². The molecular formula is C27H31N7O3. The van der Waals surface area contributed by atoms with Crippen LogP contribution in [-0.4, -0.2) is 57.5 Å². The van der Waals surface area contributed by atoms with Crippen molar-refractivity contribution in [2.75, 3.05) is 26.9 Å². The predicted octanol–water partition coefficient (Wildman–Crippen LogP) is 2.92. The Balaban J connectivity index is 1.34. The summed E-state index contributed by atoms with van der Waals surface area (Å²) in [5, 5.41) is 16.8. The van der Waals surface area contributed by atoms with Crippen molar-refractivity contribution >= 4 is 6.03 Å². The van der Waals surface area contributed by atoms with E-state index in [-0.39, 0.29) is 6.03 Å². The van der Waals surface area contributed by atoms with Crippen LogP contribution >= 0.6 is 0 Å². The highest BCUT2D eigenvalue weighted by Gasteiger charge is 2.27. The van der Waals surface area contributed by atoms with Crippen LogP contribution in [0.4, 0.5) is 4.79 Å². The quantitative estimate of drug-likeness (QED) is 0.552. The third-order valence-electron chi connectivity index (χ3n) is 7.10. The summed E-state index contributed by atoms with van der Waals surface area (Å²) in [6, 6.07) is 6.82. The molecule has 1 N–H and O–H groups in total. The number of hydrogen-bond acceptors (Lipinski definition) is 7. The Kier molecular flexibility index (Phi) is 7.32. The van der Waals surface area contributed by atoms with Gasteiger partial charge in [0.1, 0.15) is 17.6 Å². The molecule has 4 heterocycles. The third-order valence-corrected chi connectivity index (χ3v) is 7.10. The highest BCUT2D eigenvalue weighted by molar-refractivity contribution is 5.75. The Labute approximate surface area is 216 Å². The van der Waals surface area contributed by atoms with Gasteiger partial charge in [0.25, 0.3) is 0 Å². The number of benzene rings is 1. The minimum atomic E-state index is -0.460. The van der Waals surface area contributed by atoms with Crippen LogP contribution < -0.4 is 10.1 Å². The highest BCUT2D eigenvalue weighted by Crippen LogP contribution is 2.28. The summed E-state index contributed by atoms with van der Waals surface area (Å²) in [7, 11) is 3.36. The van der Waals surface area contributed by atoms with Gasteiger partial charge in [0.2, 0.25) is 0 Å². The topological polar surface area (TPSA) is 118 Å². The smallest absolute Gasteiger partial charge is 0.318 e. The first-order valence-electron chi connectivity index (χ1n) is 12.6. The second kappa shape index (κ2) is 11.0. The molecule has 0 radical (unpaired) electrons. The highest BCUT2D eigenvalue weighted by atomic mass is 16.5. The van der Waals surface area contributed by atoms with Crippen LogP contribution in [0.2, 0.25) is 0 Å². The minimum Gasteiger partial charge on any atom is -0.495 e. The number of aryl methyl sites for hydroxylation is 1. The Morgan fingerprint density at radius 2 is 2.14 bits per heavy atom. The maximum atomic E-state index is 13.5. The Bertz CT molecular complexity index is 1310. The van der Waals surface area contributed by atoms with Gasteiger partial charge in [0.15, 0.2) is 0 Å². The average molecular weight is 502 g/mol. The van der Waals surface area contributed by atoms with Gasteiger partial charge in [-0.2, -0.15) is 10.4 Å². The number of methoxy groups -OCH3 is 1. The normalized spacial score (nSPS) is 16.5. The first kappa shape index (κ1) is 24.7. The molecule has 0 saturated carbocycles. The van der Waals surface area contributed by atoms with E-state index in [0.29, 0.717) is 36.7 Å². The molecule has 0 spiro atoms. The lowest BCUT2D eigenvalue weighted by molar-refractivity contribution is 0.0659. The number of aromatic nitrogens is 4. The van der Waals surface area contributed by atoms with Crippen molar-refractivity contribution in [1.29, 1.82) is 5.26 Å². The van der Waals surface area contributed by atoms with E-state index < -0.39 is 6.04 Å². The number of carbonyl (C=O) groups is 1. The predicted molar refractivity (Wildman–Crippen MR) is 135 cm³/mol. The molecular weight excluding hydrogens is 470 g/mol. The van der Waals surface area contributed by atoms with Gasteiger partial charge in [-0.1, -0.05) is 6.07 Å². The number of nitrogens with zero attached hydrogens (tertiary/aromatic N) is 6. The number of fused-ring (bicyclic) bond motifs is 1. The van der Waals surface area contributed by atoms with E-state index in [2.05, 4.69) is 21.5 Å². The zero-order valence-electron chi connectivity index (χ0n) is 21.2. The molecule has 3 aromatic rings.